The zero-order chi connectivity index (χ0) is 19.8. The molecule has 1 aliphatic heterocycles. The van der Waals surface area contributed by atoms with Gasteiger partial charge in [-0.2, -0.15) is 0 Å². The Morgan fingerprint density at radius 3 is 2.62 bits per heavy atom. The van der Waals surface area contributed by atoms with Crippen LogP contribution >= 0.6 is 11.6 Å². The molecule has 1 unspecified atom stereocenters. The van der Waals surface area contributed by atoms with Gasteiger partial charge in [0.1, 0.15) is 11.6 Å². The maximum Gasteiger partial charge on any atom is 0.148 e. The lowest BCUT2D eigenvalue weighted by molar-refractivity contribution is 0.300. The third kappa shape index (κ3) is 4.00. The molecule has 3 atom stereocenters. The smallest absolute Gasteiger partial charge is 0.148 e. The number of fused-ring (bicyclic) bond motifs is 1. The summed E-state index contributed by atoms with van der Waals surface area (Å²) in [4.78, 5) is 2.52. The summed E-state index contributed by atoms with van der Waals surface area (Å²) in [5.74, 6) is 1.85. The van der Waals surface area contributed by atoms with Crippen LogP contribution in [0.2, 0.25) is 5.02 Å². The van der Waals surface area contributed by atoms with E-state index in [1.165, 1.54) is 23.8 Å². The first-order valence-corrected chi connectivity index (χ1v) is 10.3. The molecule has 3 heterocycles. The quantitative estimate of drug-likeness (QED) is 0.649. The van der Waals surface area contributed by atoms with Gasteiger partial charge in [-0.05, 0) is 61.1 Å². The average Bonchev–Trinajstić information content (AvgIpc) is 3.42. The molecule has 5 nitrogen and oxygen atoms in total. The van der Waals surface area contributed by atoms with E-state index in [9.17, 15) is 4.39 Å². The van der Waals surface area contributed by atoms with Crippen LogP contribution in [0.4, 0.5) is 10.2 Å². The maximum atomic E-state index is 13.5. The zero-order valence-corrected chi connectivity index (χ0v) is 16.6. The van der Waals surface area contributed by atoms with Crippen LogP contribution in [0.15, 0.2) is 53.3 Å². The molecule has 2 aliphatic rings. The van der Waals surface area contributed by atoms with Crippen LogP contribution in [0.3, 0.4) is 0 Å². The summed E-state index contributed by atoms with van der Waals surface area (Å²) < 4.78 is 18.7. The van der Waals surface area contributed by atoms with Crippen LogP contribution < -0.4 is 5.32 Å². The Morgan fingerprint density at radius 1 is 1.10 bits per heavy atom. The van der Waals surface area contributed by atoms with Gasteiger partial charge in [0.15, 0.2) is 0 Å². The van der Waals surface area contributed by atoms with Crippen molar-refractivity contribution in [3.05, 3.63) is 65.3 Å². The van der Waals surface area contributed by atoms with Crippen molar-refractivity contribution in [2.24, 2.45) is 11.8 Å². The van der Waals surface area contributed by atoms with Crippen LogP contribution in [0.1, 0.15) is 18.4 Å². The van der Waals surface area contributed by atoms with Crippen molar-refractivity contribution in [2.75, 3.05) is 18.4 Å². The van der Waals surface area contributed by atoms with Gasteiger partial charge in [0.2, 0.25) is 0 Å². The molecule has 2 aromatic heterocycles. The normalized spacial score (nSPS) is 24.0. The Bertz CT molecular complexity index is 965. The van der Waals surface area contributed by atoms with Gasteiger partial charge in [0.25, 0.3) is 0 Å². The van der Waals surface area contributed by atoms with Gasteiger partial charge in [-0.1, -0.05) is 11.6 Å². The summed E-state index contributed by atoms with van der Waals surface area (Å²) in [6, 6.07) is 10.4. The SMILES string of the molecule is Fc1ccc(Cl)c(-c2ccc(NC3C[C@@H]4CN(Cc5ccoc5)C[C@@H]4C3)nn2)c1. The molecule has 0 spiro atoms. The Morgan fingerprint density at radius 2 is 1.93 bits per heavy atom. The molecule has 0 radical (unpaired) electrons. The fraction of sp³-hybridized carbons (Fsp3) is 0.364. The number of halogens is 2. The standard InChI is InChI=1S/C22H22ClFN4O/c23-20-2-1-17(24)9-19(20)21-3-4-22(27-26-21)25-18-7-15-11-28(12-16(15)8-18)10-14-5-6-29-13-14/h1-6,9,13,15-16,18H,7-8,10-12H2,(H,25,27)/t15-,16+,18?. The second-order valence-corrected chi connectivity index (χ2v) is 8.49. The molecule has 7 heteroatoms. The second kappa shape index (κ2) is 7.76. The Hall–Kier alpha value is -2.44. The molecular weight excluding hydrogens is 391 g/mol. The van der Waals surface area contributed by atoms with Crippen molar-refractivity contribution in [3.8, 4) is 11.3 Å². The highest BCUT2D eigenvalue weighted by Gasteiger charge is 2.40. The van der Waals surface area contributed by atoms with Crippen LogP contribution in [0.5, 0.6) is 0 Å². The van der Waals surface area contributed by atoms with Crippen LogP contribution in [-0.2, 0) is 6.54 Å². The fourth-order valence-electron chi connectivity index (χ4n) is 4.74. The topological polar surface area (TPSA) is 54.2 Å². The van der Waals surface area contributed by atoms with Crippen LogP contribution in [-0.4, -0.2) is 34.2 Å². The first-order chi connectivity index (χ1) is 14.1. The average molecular weight is 413 g/mol. The molecule has 1 N–H and O–H groups in total. The third-order valence-electron chi connectivity index (χ3n) is 6.03. The fourth-order valence-corrected chi connectivity index (χ4v) is 4.96. The highest BCUT2D eigenvalue weighted by atomic mass is 35.5. The van der Waals surface area contributed by atoms with Crippen molar-refractivity contribution < 1.29 is 8.81 Å². The van der Waals surface area contributed by atoms with E-state index in [4.69, 9.17) is 16.0 Å². The maximum absolute atomic E-state index is 13.5. The van der Waals surface area contributed by atoms with Gasteiger partial charge in [-0.25, -0.2) is 4.39 Å². The molecule has 0 amide bonds. The number of furan rings is 1. The minimum Gasteiger partial charge on any atom is -0.472 e. The van der Waals surface area contributed by atoms with Gasteiger partial charge in [-0.15, -0.1) is 10.2 Å². The van der Waals surface area contributed by atoms with E-state index in [1.54, 1.807) is 6.26 Å². The number of benzene rings is 1. The molecule has 29 heavy (non-hydrogen) atoms. The lowest BCUT2D eigenvalue weighted by Crippen LogP contribution is -2.25. The Kier molecular flexibility index (Phi) is 4.97. The largest absolute Gasteiger partial charge is 0.472 e. The van der Waals surface area contributed by atoms with Gasteiger partial charge in [-0.3, -0.25) is 4.90 Å². The molecule has 5 rings (SSSR count). The highest BCUT2D eigenvalue weighted by Crippen LogP contribution is 2.39. The molecule has 3 aromatic rings. The molecule has 1 saturated carbocycles. The molecule has 2 fully saturated rings. The predicted octanol–water partition coefficient (Wildman–Crippen LogP) is 4.85. The Labute approximate surface area is 173 Å². The summed E-state index contributed by atoms with van der Waals surface area (Å²) in [5, 5.41) is 12.5. The number of likely N-dealkylation sites (tertiary alicyclic amines) is 1. The molecule has 1 aromatic carbocycles. The number of aromatic nitrogens is 2. The van der Waals surface area contributed by atoms with Crippen molar-refractivity contribution in [3.63, 3.8) is 0 Å². The minimum absolute atomic E-state index is 0.340. The van der Waals surface area contributed by atoms with Gasteiger partial charge < -0.3 is 9.73 Å². The van der Waals surface area contributed by atoms with Crippen molar-refractivity contribution in [1.29, 1.82) is 0 Å². The van der Waals surface area contributed by atoms with E-state index in [0.29, 0.717) is 22.3 Å². The van der Waals surface area contributed by atoms with Crippen LogP contribution in [0.25, 0.3) is 11.3 Å². The van der Waals surface area contributed by atoms with Gasteiger partial charge in [0, 0.05) is 36.8 Å². The highest BCUT2D eigenvalue weighted by molar-refractivity contribution is 6.33. The molecule has 0 bridgehead atoms. The van der Waals surface area contributed by atoms with E-state index >= 15 is 0 Å². The van der Waals surface area contributed by atoms with Gasteiger partial charge >= 0.3 is 0 Å². The number of hydrogen-bond acceptors (Lipinski definition) is 5. The number of hydrogen-bond donors (Lipinski definition) is 1. The zero-order valence-electron chi connectivity index (χ0n) is 15.9. The summed E-state index contributed by atoms with van der Waals surface area (Å²) in [7, 11) is 0. The summed E-state index contributed by atoms with van der Waals surface area (Å²) >= 11 is 6.16. The van der Waals surface area contributed by atoms with Crippen molar-refractivity contribution in [1.82, 2.24) is 15.1 Å². The number of rotatable bonds is 5. The minimum atomic E-state index is -0.340. The summed E-state index contributed by atoms with van der Waals surface area (Å²) in [6.45, 7) is 3.24. The molecule has 1 aliphatic carbocycles. The van der Waals surface area contributed by atoms with Crippen molar-refractivity contribution in [2.45, 2.75) is 25.4 Å². The number of anilines is 1. The predicted molar refractivity (Wildman–Crippen MR) is 110 cm³/mol. The summed E-state index contributed by atoms with van der Waals surface area (Å²) in [6.07, 6.45) is 5.86. The number of nitrogens with zero attached hydrogens (tertiary/aromatic N) is 3. The lowest BCUT2D eigenvalue weighted by atomic mass is 10.0. The molecule has 1 saturated heterocycles. The Balaban J connectivity index is 1.18. The van der Waals surface area contributed by atoms with Gasteiger partial charge in [0.05, 0.1) is 23.2 Å². The molecular formula is C22H22ClFN4O. The second-order valence-electron chi connectivity index (χ2n) is 8.09. The van der Waals surface area contributed by atoms with Crippen molar-refractivity contribution >= 4 is 17.4 Å². The van der Waals surface area contributed by atoms with E-state index in [-0.39, 0.29) is 5.82 Å². The van der Waals surface area contributed by atoms with Crippen LogP contribution in [0, 0.1) is 17.7 Å². The van der Waals surface area contributed by atoms with E-state index < -0.39 is 0 Å². The molecule has 150 valence electrons. The van der Waals surface area contributed by atoms with E-state index in [0.717, 1.165) is 50.1 Å². The monoisotopic (exact) mass is 412 g/mol. The van der Waals surface area contributed by atoms with E-state index in [1.807, 2.05) is 24.5 Å². The summed E-state index contributed by atoms with van der Waals surface area (Å²) in [5.41, 5.74) is 2.37. The third-order valence-corrected chi connectivity index (χ3v) is 6.36. The number of nitrogens with one attached hydrogen (secondary N) is 1. The first kappa shape index (κ1) is 18.6. The first-order valence-electron chi connectivity index (χ1n) is 9.93. The lowest BCUT2D eigenvalue weighted by Gasteiger charge is -2.19. The van der Waals surface area contributed by atoms with E-state index in [2.05, 4.69) is 20.4 Å².